The van der Waals surface area contributed by atoms with E-state index in [4.69, 9.17) is 15.7 Å². The molecule has 30 valence electrons. The van der Waals surface area contributed by atoms with Gasteiger partial charge < -0.3 is 0 Å². The van der Waals surface area contributed by atoms with Gasteiger partial charge in [0.1, 0.15) is 7.85 Å². The highest BCUT2D eigenvalue weighted by molar-refractivity contribution is 7.26. The van der Waals surface area contributed by atoms with Gasteiger partial charge in [-0.05, 0) is 4.78 Å². The van der Waals surface area contributed by atoms with Crippen LogP contribution in [0.1, 0.15) is 0 Å². The highest BCUT2D eigenvalue weighted by Crippen LogP contribution is 1.76. The predicted octanol–water partition coefficient (Wildman–Crippen LogP) is -1.27. The molecule has 0 aliphatic rings. The van der Waals surface area contributed by atoms with E-state index >= 15 is 0 Å². The van der Waals surface area contributed by atoms with Crippen LogP contribution in [0.5, 0.6) is 0 Å². The normalized spacial score (nSPS) is 9.14. The van der Waals surface area contributed by atoms with Gasteiger partial charge in [-0.2, -0.15) is 0 Å². The summed E-state index contributed by atoms with van der Waals surface area (Å²) in [6, 6.07) is 0. The zero-order chi connectivity index (χ0) is 5.28. The first-order chi connectivity index (χ1) is 3.29. The van der Waals surface area contributed by atoms with Gasteiger partial charge in [-0.15, -0.1) is 11.3 Å². The van der Waals surface area contributed by atoms with Crippen LogP contribution < -0.4 is 9.68 Å². The third kappa shape index (κ3) is 1.06. The Morgan fingerprint density at radius 3 is 2.43 bits per heavy atom. The van der Waals surface area contributed by atoms with E-state index in [9.17, 15) is 0 Å². The van der Waals surface area contributed by atoms with E-state index in [0.29, 0.717) is 9.68 Å². The van der Waals surface area contributed by atoms with Crippen LogP contribution in [0.15, 0.2) is 6.20 Å². The van der Waals surface area contributed by atoms with Gasteiger partial charge in [0.05, 0.1) is 0 Å². The van der Waals surface area contributed by atoms with E-state index in [2.05, 4.69) is 4.98 Å². The van der Waals surface area contributed by atoms with Crippen molar-refractivity contribution in [1.82, 2.24) is 4.98 Å². The van der Waals surface area contributed by atoms with Gasteiger partial charge in [0.25, 0.3) is 0 Å². The number of nitrogens with zero attached hydrogens (tertiary/aromatic N) is 1. The maximum Gasteiger partial charge on any atom is 0.157 e. The van der Waals surface area contributed by atoms with Crippen LogP contribution in [0, 0.1) is 0 Å². The van der Waals surface area contributed by atoms with E-state index in [1.54, 1.807) is 6.20 Å². The Morgan fingerprint density at radius 2 is 2.29 bits per heavy atom. The number of aromatic nitrogens is 1. The Kier molecular flexibility index (Phi) is 1.19. The summed E-state index contributed by atoms with van der Waals surface area (Å²) in [5.74, 6) is 0. The highest BCUT2D eigenvalue weighted by Gasteiger charge is 1.85. The summed E-state index contributed by atoms with van der Waals surface area (Å²) in [7, 11) is 10.5. The maximum atomic E-state index is 5.25. The predicted molar refractivity (Wildman–Crippen MR) is 32.9 cm³/mol. The molecule has 1 aromatic rings. The first-order valence-corrected chi connectivity index (χ1v) is 2.57. The summed E-state index contributed by atoms with van der Waals surface area (Å²) in [5.41, 5.74) is 0. The molecule has 0 atom stereocenters. The second-order valence-electron chi connectivity index (χ2n) is 1.10. The number of hydrogen-bond donors (Lipinski definition) is 0. The SMILES string of the molecule is [B]c1cnc([B])s1. The lowest BCUT2D eigenvalue weighted by Gasteiger charge is -1.69. The fourth-order valence-electron chi connectivity index (χ4n) is 0.301. The van der Waals surface area contributed by atoms with Crippen molar-refractivity contribution < 1.29 is 0 Å². The average Bonchev–Trinajstić information content (AvgIpc) is 1.87. The largest absolute Gasteiger partial charge is 0.262 e. The summed E-state index contributed by atoms with van der Waals surface area (Å²) in [6.07, 6.45) is 1.54. The molecule has 0 saturated carbocycles. The van der Waals surface area contributed by atoms with Crippen LogP contribution in [0.2, 0.25) is 0 Å². The third-order valence-electron chi connectivity index (χ3n) is 0.541. The van der Waals surface area contributed by atoms with Crippen molar-refractivity contribution in [3.63, 3.8) is 0 Å². The van der Waals surface area contributed by atoms with Crippen molar-refractivity contribution >= 4 is 36.7 Å². The minimum absolute atomic E-state index is 0.525. The smallest absolute Gasteiger partial charge is 0.157 e. The van der Waals surface area contributed by atoms with Gasteiger partial charge in [-0.3, -0.25) is 4.98 Å². The molecule has 1 heterocycles. The first-order valence-electron chi connectivity index (χ1n) is 1.76. The minimum atomic E-state index is 0.525. The maximum absolute atomic E-state index is 5.25. The second kappa shape index (κ2) is 1.70. The molecule has 0 aliphatic carbocycles. The molecule has 0 spiro atoms. The Morgan fingerprint density at radius 1 is 1.57 bits per heavy atom. The summed E-state index contributed by atoms with van der Waals surface area (Å²) >= 11 is 1.29. The number of thiazole rings is 1. The van der Waals surface area contributed by atoms with Crippen LogP contribution in [0.25, 0.3) is 0 Å². The van der Waals surface area contributed by atoms with Crippen molar-refractivity contribution in [3.8, 4) is 0 Å². The van der Waals surface area contributed by atoms with Gasteiger partial charge in [0, 0.05) is 11.1 Å². The molecule has 0 unspecified atom stereocenters. The zero-order valence-corrected chi connectivity index (χ0v) is 4.40. The van der Waals surface area contributed by atoms with Gasteiger partial charge in [-0.25, -0.2) is 0 Å². The third-order valence-corrected chi connectivity index (χ3v) is 1.20. The molecule has 1 nitrogen and oxygen atoms in total. The molecule has 0 aliphatic heterocycles. The van der Waals surface area contributed by atoms with E-state index in [1.807, 2.05) is 0 Å². The molecule has 0 fully saturated rings. The van der Waals surface area contributed by atoms with Crippen LogP contribution >= 0.6 is 11.3 Å². The molecule has 0 amide bonds. The van der Waals surface area contributed by atoms with Gasteiger partial charge >= 0.3 is 0 Å². The fraction of sp³-hybridized carbons (Fsp3) is 0. The van der Waals surface area contributed by atoms with Crippen LogP contribution in [0.4, 0.5) is 0 Å². The van der Waals surface area contributed by atoms with Crippen LogP contribution in [-0.4, -0.2) is 20.7 Å². The molecule has 0 bridgehead atoms. The molecule has 0 N–H and O–H groups in total. The molecule has 4 heteroatoms. The van der Waals surface area contributed by atoms with E-state index in [-0.39, 0.29) is 0 Å². The van der Waals surface area contributed by atoms with E-state index in [0.717, 1.165) is 0 Å². The minimum Gasteiger partial charge on any atom is -0.262 e. The molecule has 1 rings (SSSR count). The molecule has 7 heavy (non-hydrogen) atoms. The van der Waals surface area contributed by atoms with Gasteiger partial charge in [-0.1, -0.05) is 0 Å². The molecular formula is C3HB2NS. The standard InChI is InChI=1S/C3HB2NS/c4-2-1-6-3(5)7-2/h1H. The van der Waals surface area contributed by atoms with Crippen LogP contribution in [0.3, 0.4) is 0 Å². The van der Waals surface area contributed by atoms with Crippen molar-refractivity contribution in [2.45, 2.75) is 0 Å². The summed E-state index contributed by atoms with van der Waals surface area (Å²) < 4.78 is 0.664. The monoisotopic (exact) mass is 105 g/mol. The number of rotatable bonds is 0. The summed E-state index contributed by atoms with van der Waals surface area (Å²) in [5, 5.41) is 0. The van der Waals surface area contributed by atoms with E-state index < -0.39 is 0 Å². The zero-order valence-electron chi connectivity index (χ0n) is 3.59. The Balaban J connectivity index is 3.04. The van der Waals surface area contributed by atoms with Gasteiger partial charge in [0.2, 0.25) is 0 Å². The topological polar surface area (TPSA) is 12.9 Å². The lowest BCUT2D eigenvalue weighted by atomic mass is 10.1. The molecule has 0 aromatic carbocycles. The van der Waals surface area contributed by atoms with E-state index in [1.165, 1.54) is 11.3 Å². The van der Waals surface area contributed by atoms with Crippen LogP contribution in [-0.2, 0) is 0 Å². The molecule has 1 aromatic heterocycles. The lowest BCUT2D eigenvalue weighted by molar-refractivity contribution is 1.49. The Bertz CT molecular complexity index is 145. The lowest BCUT2D eigenvalue weighted by Crippen LogP contribution is -1.96. The first kappa shape index (κ1) is 4.91. The van der Waals surface area contributed by atoms with Crippen molar-refractivity contribution in [2.24, 2.45) is 0 Å². The molecule has 4 radical (unpaired) electrons. The quantitative estimate of drug-likeness (QED) is 0.375. The Hall–Kier alpha value is -0.240. The van der Waals surface area contributed by atoms with Crippen molar-refractivity contribution in [1.29, 1.82) is 0 Å². The summed E-state index contributed by atoms with van der Waals surface area (Å²) in [4.78, 5) is 4.21. The number of hydrogen-bond acceptors (Lipinski definition) is 2. The Labute approximate surface area is 48.6 Å². The van der Waals surface area contributed by atoms with Crippen molar-refractivity contribution in [2.75, 3.05) is 0 Å². The van der Waals surface area contributed by atoms with Gasteiger partial charge in [0.15, 0.2) is 7.85 Å². The molecular weight excluding hydrogens is 104 g/mol. The van der Waals surface area contributed by atoms with Crippen molar-refractivity contribution in [3.05, 3.63) is 6.20 Å². The summed E-state index contributed by atoms with van der Waals surface area (Å²) in [6.45, 7) is 0. The fourth-order valence-corrected chi connectivity index (χ4v) is 0.753. The average molecular weight is 105 g/mol. The molecule has 0 saturated heterocycles. The second-order valence-corrected chi connectivity index (χ2v) is 2.19. The highest BCUT2D eigenvalue weighted by atomic mass is 32.1.